The number of nitrogens with two attached hydrogens (primary N) is 1. The van der Waals surface area contributed by atoms with Crippen LogP contribution in [-0.2, 0) is 0 Å². The normalized spacial score (nSPS) is 16.6. The van der Waals surface area contributed by atoms with E-state index in [4.69, 9.17) is 20.3 Å². The van der Waals surface area contributed by atoms with Crippen LogP contribution in [0.3, 0.4) is 0 Å². The van der Waals surface area contributed by atoms with Crippen molar-refractivity contribution >= 4 is 11.8 Å². The Labute approximate surface area is 110 Å². The molecule has 0 aliphatic carbocycles. The highest BCUT2D eigenvalue weighted by Crippen LogP contribution is 2.34. The number of hydrogen-bond donors (Lipinski definition) is 3. The summed E-state index contributed by atoms with van der Waals surface area (Å²) in [7, 11) is 0. The Hall–Kier alpha value is -0.950. The molecule has 2 rings (SSSR count). The lowest BCUT2D eigenvalue weighted by Gasteiger charge is -2.13. The molecule has 1 aliphatic heterocycles. The van der Waals surface area contributed by atoms with Crippen LogP contribution in [0.15, 0.2) is 18.2 Å². The zero-order valence-electron chi connectivity index (χ0n) is 9.91. The lowest BCUT2D eigenvalue weighted by atomic mass is 10.1. The average molecular weight is 271 g/mol. The molecule has 0 spiro atoms. The SMILES string of the molecule is NC(CSCC(O)CO)c1ccc2c(c1)OCO2. The van der Waals surface area contributed by atoms with Gasteiger partial charge in [0.1, 0.15) is 0 Å². The minimum atomic E-state index is -0.682. The predicted octanol–water partition coefficient (Wildman–Crippen LogP) is 0.502. The second-order valence-electron chi connectivity index (χ2n) is 4.09. The highest BCUT2D eigenvalue weighted by molar-refractivity contribution is 7.99. The first-order valence-corrected chi connectivity index (χ1v) is 6.88. The van der Waals surface area contributed by atoms with E-state index in [1.807, 2.05) is 18.2 Å². The molecule has 4 N–H and O–H groups in total. The molecule has 1 heterocycles. The van der Waals surface area contributed by atoms with Crippen LogP contribution in [0.25, 0.3) is 0 Å². The van der Waals surface area contributed by atoms with E-state index >= 15 is 0 Å². The van der Waals surface area contributed by atoms with Crippen molar-refractivity contribution in [3.05, 3.63) is 23.8 Å². The monoisotopic (exact) mass is 271 g/mol. The van der Waals surface area contributed by atoms with Crippen molar-refractivity contribution in [3.8, 4) is 11.5 Å². The second-order valence-corrected chi connectivity index (χ2v) is 5.17. The third-order valence-electron chi connectivity index (χ3n) is 2.64. The van der Waals surface area contributed by atoms with E-state index in [9.17, 15) is 5.11 Å². The van der Waals surface area contributed by atoms with Gasteiger partial charge in [-0.15, -0.1) is 0 Å². The van der Waals surface area contributed by atoms with E-state index in [0.717, 1.165) is 17.1 Å². The molecule has 0 aromatic heterocycles. The number of aliphatic hydroxyl groups excluding tert-OH is 2. The van der Waals surface area contributed by atoms with Crippen LogP contribution in [0.4, 0.5) is 0 Å². The van der Waals surface area contributed by atoms with Gasteiger partial charge < -0.3 is 25.4 Å². The van der Waals surface area contributed by atoms with Crippen LogP contribution in [0.5, 0.6) is 11.5 Å². The van der Waals surface area contributed by atoms with E-state index in [0.29, 0.717) is 11.5 Å². The van der Waals surface area contributed by atoms with Crippen molar-refractivity contribution in [1.82, 2.24) is 0 Å². The first-order chi connectivity index (χ1) is 8.70. The molecule has 0 saturated carbocycles. The molecule has 18 heavy (non-hydrogen) atoms. The highest BCUT2D eigenvalue weighted by Gasteiger charge is 2.16. The topological polar surface area (TPSA) is 84.9 Å². The Balaban J connectivity index is 1.87. The van der Waals surface area contributed by atoms with Crippen LogP contribution in [-0.4, -0.2) is 41.2 Å². The van der Waals surface area contributed by atoms with Gasteiger partial charge in [-0.1, -0.05) is 6.07 Å². The first kappa shape index (κ1) is 13.5. The third kappa shape index (κ3) is 3.29. The van der Waals surface area contributed by atoms with Crippen molar-refractivity contribution < 1.29 is 19.7 Å². The zero-order valence-corrected chi connectivity index (χ0v) is 10.7. The van der Waals surface area contributed by atoms with Crippen LogP contribution in [0.1, 0.15) is 11.6 Å². The standard InChI is InChI=1S/C12H17NO4S/c13-10(6-18-5-9(15)4-14)8-1-2-11-12(3-8)17-7-16-11/h1-3,9-10,14-15H,4-7,13H2. The minimum Gasteiger partial charge on any atom is -0.454 e. The summed E-state index contributed by atoms with van der Waals surface area (Å²) in [5.41, 5.74) is 7.03. The van der Waals surface area contributed by atoms with Crippen LogP contribution >= 0.6 is 11.8 Å². The molecule has 5 nitrogen and oxygen atoms in total. The Kier molecular flexibility index (Phi) is 4.71. The second kappa shape index (κ2) is 6.29. The van der Waals surface area contributed by atoms with Crippen molar-refractivity contribution in [2.75, 3.05) is 24.9 Å². The van der Waals surface area contributed by atoms with Gasteiger partial charge in [0.25, 0.3) is 0 Å². The maximum atomic E-state index is 9.22. The fourth-order valence-electron chi connectivity index (χ4n) is 1.62. The summed E-state index contributed by atoms with van der Waals surface area (Å²) >= 11 is 1.52. The van der Waals surface area contributed by atoms with Gasteiger partial charge in [-0.05, 0) is 17.7 Å². The molecule has 6 heteroatoms. The molecular weight excluding hydrogens is 254 g/mol. The quantitative estimate of drug-likeness (QED) is 0.699. The highest BCUT2D eigenvalue weighted by atomic mass is 32.2. The predicted molar refractivity (Wildman–Crippen MR) is 69.9 cm³/mol. The number of fused-ring (bicyclic) bond motifs is 1. The fourth-order valence-corrected chi connectivity index (χ4v) is 2.58. The van der Waals surface area contributed by atoms with Gasteiger partial charge in [-0.2, -0.15) is 11.8 Å². The van der Waals surface area contributed by atoms with Gasteiger partial charge in [0.05, 0.1) is 12.7 Å². The molecule has 1 aromatic carbocycles. The van der Waals surface area contributed by atoms with Gasteiger partial charge in [-0.3, -0.25) is 0 Å². The Morgan fingerprint density at radius 2 is 2.06 bits per heavy atom. The number of benzene rings is 1. The first-order valence-electron chi connectivity index (χ1n) is 5.72. The summed E-state index contributed by atoms with van der Waals surface area (Å²) in [5, 5.41) is 17.9. The van der Waals surface area contributed by atoms with Gasteiger partial charge in [0.15, 0.2) is 11.5 Å². The van der Waals surface area contributed by atoms with Crippen molar-refractivity contribution in [2.45, 2.75) is 12.1 Å². The van der Waals surface area contributed by atoms with E-state index in [1.54, 1.807) is 0 Å². The maximum absolute atomic E-state index is 9.22. The Bertz CT molecular complexity index is 402. The number of aliphatic hydroxyl groups is 2. The smallest absolute Gasteiger partial charge is 0.231 e. The number of ether oxygens (including phenoxy) is 2. The maximum Gasteiger partial charge on any atom is 0.231 e. The molecule has 1 aromatic rings. The summed E-state index contributed by atoms with van der Waals surface area (Å²) < 4.78 is 10.5. The Morgan fingerprint density at radius 3 is 2.83 bits per heavy atom. The van der Waals surface area contributed by atoms with E-state index in [-0.39, 0.29) is 19.4 Å². The summed E-state index contributed by atoms with van der Waals surface area (Å²) in [5.74, 6) is 2.63. The van der Waals surface area contributed by atoms with Crippen LogP contribution in [0.2, 0.25) is 0 Å². The number of thioether (sulfide) groups is 1. The van der Waals surface area contributed by atoms with E-state index in [1.165, 1.54) is 11.8 Å². The van der Waals surface area contributed by atoms with Crippen molar-refractivity contribution in [3.63, 3.8) is 0 Å². The van der Waals surface area contributed by atoms with E-state index < -0.39 is 6.10 Å². The summed E-state index contributed by atoms with van der Waals surface area (Å²) in [4.78, 5) is 0. The van der Waals surface area contributed by atoms with Gasteiger partial charge in [0.2, 0.25) is 6.79 Å². The zero-order chi connectivity index (χ0) is 13.0. The fraction of sp³-hybridized carbons (Fsp3) is 0.500. The molecule has 2 unspecified atom stereocenters. The third-order valence-corrected chi connectivity index (χ3v) is 3.86. The molecule has 100 valence electrons. The summed E-state index contributed by atoms with van der Waals surface area (Å²) in [6.45, 7) is 0.0394. The summed E-state index contributed by atoms with van der Waals surface area (Å²) in [6.07, 6.45) is -0.682. The molecule has 0 bridgehead atoms. The van der Waals surface area contributed by atoms with Crippen molar-refractivity contribution in [2.24, 2.45) is 5.73 Å². The Morgan fingerprint density at radius 1 is 1.28 bits per heavy atom. The van der Waals surface area contributed by atoms with Crippen molar-refractivity contribution in [1.29, 1.82) is 0 Å². The summed E-state index contributed by atoms with van der Waals surface area (Å²) in [6, 6.07) is 5.53. The lowest BCUT2D eigenvalue weighted by molar-refractivity contribution is 0.113. The molecule has 0 radical (unpaired) electrons. The van der Waals surface area contributed by atoms with Gasteiger partial charge >= 0.3 is 0 Å². The molecule has 1 aliphatic rings. The minimum absolute atomic E-state index is 0.129. The molecule has 0 amide bonds. The van der Waals surface area contributed by atoms with Gasteiger partial charge in [-0.25, -0.2) is 0 Å². The molecule has 0 saturated heterocycles. The van der Waals surface area contributed by atoms with Crippen LogP contribution in [0, 0.1) is 0 Å². The average Bonchev–Trinajstić information content (AvgIpc) is 2.85. The molecular formula is C12H17NO4S. The number of hydrogen-bond acceptors (Lipinski definition) is 6. The van der Waals surface area contributed by atoms with E-state index in [2.05, 4.69) is 0 Å². The van der Waals surface area contributed by atoms with Gasteiger partial charge in [0, 0.05) is 17.5 Å². The largest absolute Gasteiger partial charge is 0.454 e. The molecule has 0 fully saturated rings. The lowest BCUT2D eigenvalue weighted by Crippen LogP contribution is -2.18. The molecule has 2 atom stereocenters. The number of rotatable bonds is 6. The van der Waals surface area contributed by atoms with Crippen LogP contribution < -0.4 is 15.2 Å².